The van der Waals surface area contributed by atoms with Crippen LogP contribution in [-0.4, -0.2) is 23.1 Å². The molecular formula is C21H26ClN3S. The van der Waals surface area contributed by atoms with Gasteiger partial charge in [-0.25, -0.2) is 4.98 Å². The minimum Gasteiger partial charge on any atom is -0.356 e. The molecule has 0 saturated heterocycles. The van der Waals surface area contributed by atoms with Gasteiger partial charge < -0.3 is 4.90 Å². The van der Waals surface area contributed by atoms with E-state index in [0.29, 0.717) is 5.28 Å². The summed E-state index contributed by atoms with van der Waals surface area (Å²) >= 11 is 7.98. The number of hydrogen-bond donors (Lipinski definition) is 0. The summed E-state index contributed by atoms with van der Waals surface area (Å²) in [5.74, 6) is 0.975. The van der Waals surface area contributed by atoms with Crippen LogP contribution in [0.5, 0.6) is 0 Å². The smallest absolute Gasteiger partial charge is 0.225 e. The molecule has 0 N–H and O–H groups in total. The fourth-order valence-corrected chi connectivity index (χ4v) is 4.67. The van der Waals surface area contributed by atoms with Gasteiger partial charge in [0.25, 0.3) is 0 Å². The SMILES string of the molecule is CCCN(CCC)c1nc(Cl)nc2sc(C)c(-c3ccc(CC)cc3)c12. The fraction of sp³-hybridized carbons (Fsp3) is 0.429. The average molecular weight is 388 g/mol. The lowest BCUT2D eigenvalue weighted by molar-refractivity contribution is 0.736. The Labute approximate surface area is 165 Å². The number of aryl methyl sites for hydroxylation is 2. The number of anilines is 1. The van der Waals surface area contributed by atoms with Crippen LogP contribution in [-0.2, 0) is 6.42 Å². The highest BCUT2D eigenvalue weighted by Gasteiger charge is 2.21. The number of thiophene rings is 1. The van der Waals surface area contributed by atoms with E-state index in [4.69, 9.17) is 11.6 Å². The van der Waals surface area contributed by atoms with Gasteiger partial charge in [0.1, 0.15) is 10.6 Å². The Morgan fingerprint density at radius 2 is 1.65 bits per heavy atom. The van der Waals surface area contributed by atoms with Crippen molar-refractivity contribution in [2.75, 3.05) is 18.0 Å². The molecule has 0 amide bonds. The van der Waals surface area contributed by atoms with E-state index in [1.54, 1.807) is 11.3 Å². The Morgan fingerprint density at radius 3 is 2.23 bits per heavy atom. The maximum Gasteiger partial charge on any atom is 0.225 e. The summed E-state index contributed by atoms with van der Waals surface area (Å²) in [4.78, 5) is 13.8. The van der Waals surface area contributed by atoms with Crippen LogP contribution < -0.4 is 4.90 Å². The number of fused-ring (bicyclic) bond motifs is 1. The maximum atomic E-state index is 6.27. The van der Waals surface area contributed by atoms with Gasteiger partial charge in [-0.2, -0.15) is 4.98 Å². The van der Waals surface area contributed by atoms with Crippen molar-refractivity contribution in [3.63, 3.8) is 0 Å². The van der Waals surface area contributed by atoms with E-state index in [1.807, 2.05) is 0 Å². The van der Waals surface area contributed by atoms with Gasteiger partial charge in [0.15, 0.2) is 0 Å². The second-order valence-corrected chi connectivity index (χ2v) is 8.11. The van der Waals surface area contributed by atoms with Gasteiger partial charge in [0.05, 0.1) is 5.39 Å². The Kier molecular flexibility index (Phi) is 6.15. The van der Waals surface area contributed by atoms with Crippen molar-refractivity contribution >= 4 is 39.0 Å². The summed E-state index contributed by atoms with van der Waals surface area (Å²) in [5.41, 5.74) is 3.83. The zero-order valence-corrected chi connectivity index (χ0v) is 17.5. The molecule has 0 saturated carbocycles. The number of halogens is 1. The van der Waals surface area contributed by atoms with Crippen LogP contribution in [0.15, 0.2) is 24.3 Å². The van der Waals surface area contributed by atoms with Crippen LogP contribution in [0.25, 0.3) is 21.3 Å². The molecule has 0 atom stereocenters. The molecule has 2 heterocycles. The van der Waals surface area contributed by atoms with Crippen molar-refractivity contribution in [3.05, 3.63) is 40.0 Å². The number of aromatic nitrogens is 2. The molecule has 0 aliphatic heterocycles. The second-order valence-electron chi connectivity index (χ2n) is 6.57. The van der Waals surface area contributed by atoms with Gasteiger partial charge in [-0.15, -0.1) is 11.3 Å². The average Bonchev–Trinajstić information content (AvgIpc) is 2.96. The molecular weight excluding hydrogens is 362 g/mol. The zero-order chi connectivity index (χ0) is 18.7. The number of nitrogens with zero attached hydrogens (tertiary/aromatic N) is 3. The molecule has 3 aromatic rings. The van der Waals surface area contributed by atoms with E-state index in [2.05, 4.69) is 66.8 Å². The Bertz CT molecular complexity index is 880. The van der Waals surface area contributed by atoms with Gasteiger partial charge >= 0.3 is 0 Å². The van der Waals surface area contributed by atoms with E-state index in [0.717, 1.165) is 48.4 Å². The zero-order valence-electron chi connectivity index (χ0n) is 16.0. The molecule has 0 fully saturated rings. The van der Waals surface area contributed by atoms with E-state index >= 15 is 0 Å². The lowest BCUT2D eigenvalue weighted by atomic mass is 10.0. The lowest BCUT2D eigenvalue weighted by Gasteiger charge is -2.24. The molecule has 0 radical (unpaired) electrons. The van der Waals surface area contributed by atoms with E-state index in [9.17, 15) is 0 Å². The first-order valence-electron chi connectivity index (χ1n) is 9.39. The summed E-state index contributed by atoms with van der Waals surface area (Å²) in [6.07, 6.45) is 3.20. The molecule has 0 spiro atoms. The Balaban J connectivity index is 2.24. The molecule has 2 aromatic heterocycles. The summed E-state index contributed by atoms with van der Waals surface area (Å²) < 4.78 is 0. The van der Waals surface area contributed by atoms with E-state index in [-0.39, 0.29) is 0 Å². The summed E-state index contributed by atoms with van der Waals surface area (Å²) in [6, 6.07) is 8.86. The molecule has 5 heteroatoms. The second kappa shape index (κ2) is 8.36. The van der Waals surface area contributed by atoms with Gasteiger partial charge in [-0.05, 0) is 48.9 Å². The van der Waals surface area contributed by atoms with Crippen LogP contribution >= 0.6 is 22.9 Å². The molecule has 3 rings (SSSR count). The Morgan fingerprint density at radius 1 is 1.00 bits per heavy atom. The van der Waals surface area contributed by atoms with Crippen LogP contribution in [0, 0.1) is 6.92 Å². The molecule has 0 aliphatic rings. The van der Waals surface area contributed by atoms with E-state index in [1.165, 1.54) is 21.6 Å². The summed E-state index contributed by atoms with van der Waals surface area (Å²) in [5, 5.41) is 1.47. The standard InChI is InChI=1S/C21H26ClN3S/c1-5-12-25(13-6-2)19-18-17(16-10-8-15(7-3)9-11-16)14(4)26-20(18)24-21(22)23-19/h8-11H,5-7,12-13H2,1-4H3. The highest BCUT2D eigenvalue weighted by Crippen LogP contribution is 2.42. The van der Waals surface area contributed by atoms with Crippen molar-refractivity contribution in [2.24, 2.45) is 0 Å². The molecule has 0 aliphatic carbocycles. The van der Waals surface area contributed by atoms with Crippen molar-refractivity contribution < 1.29 is 0 Å². The molecule has 26 heavy (non-hydrogen) atoms. The van der Waals surface area contributed by atoms with Gasteiger partial charge in [0.2, 0.25) is 5.28 Å². The van der Waals surface area contributed by atoms with Crippen LogP contribution in [0.3, 0.4) is 0 Å². The van der Waals surface area contributed by atoms with Crippen molar-refractivity contribution in [1.82, 2.24) is 9.97 Å². The number of benzene rings is 1. The van der Waals surface area contributed by atoms with Crippen LogP contribution in [0.1, 0.15) is 44.1 Å². The lowest BCUT2D eigenvalue weighted by Crippen LogP contribution is -2.26. The number of rotatable bonds is 7. The van der Waals surface area contributed by atoms with Crippen molar-refractivity contribution in [3.8, 4) is 11.1 Å². The first kappa shape index (κ1) is 19.1. The Hall–Kier alpha value is -1.65. The predicted octanol–water partition coefficient (Wildman–Crippen LogP) is 6.51. The topological polar surface area (TPSA) is 29.0 Å². The molecule has 0 unspecified atom stereocenters. The molecule has 138 valence electrons. The molecule has 3 nitrogen and oxygen atoms in total. The van der Waals surface area contributed by atoms with Crippen molar-refractivity contribution in [1.29, 1.82) is 0 Å². The third-order valence-electron chi connectivity index (χ3n) is 4.62. The minimum atomic E-state index is 0.332. The predicted molar refractivity (Wildman–Crippen MR) is 115 cm³/mol. The molecule has 0 bridgehead atoms. The van der Waals surface area contributed by atoms with Crippen molar-refractivity contribution in [2.45, 2.75) is 47.0 Å². The highest BCUT2D eigenvalue weighted by atomic mass is 35.5. The minimum absolute atomic E-state index is 0.332. The third kappa shape index (κ3) is 3.72. The quantitative estimate of drug-likeness (QED) is 0.432. The van der Waals surface area contributed by atoms with Gasteiger partial charge in [0, 0.05) is 23.5 Å². The van der Waals surface area contributed by atoms with Crippen LogP contribution in [0.2, 0.25) is 5.28 Å². The van der Waals surface area contributed by atoms with Crippen LogP contribution in [0.4, 0.5) is 5.82 Å². The summed E-state index contributed by atoms with van der Waals surface area (Å²) in [7, 11) is 0. The first-order chi connectivity index (χ1) is 12.6. The van der Waals surface area contributed by atoms with Gasteiger partial charge in [-0.3, -0.25) is 0 Å². The fourth-order valence-electron chi connectivity index (χ4n) is 3.42. The third-order valence-corrected chi connectivity index (χ3v) is 5.79. The van der Waals surface area contributed by atoms with E-state index < -0.39 is 0 Å². The van der Waals surface area contributed by atoms with Gasteiger partial charge in [-0.1, -0.05) is 45.0 Å². The highest BCUT2D eigenvalue weighted by molar-refractivity contribution is 7.19. The molecule has 1 aromatic carbocycles. The normalized spacial score (nSPS) is 11.3. The first-order valence-corrected chi connectivity index (χ1v) is 10.6. The monoisotopic (exact) mass is 387 g/mol. The maximum absolute atomic E-state index is 6.27. The largest absolute Gasteiger partial charge is 0.356 e. The summed E-state index contributed by atoms with van der Waals surface area (Å²) in [6.45, 7) is 10.7. The number of hydrogen-bond acceptors (Lipinski definition) is 4.